The SMILES string of the molecule is Cc1cccc(CN(C(=O)COc2ccc(C(C)C)cc2Br)C(Cc2ccccc2)C(=O)NCC(C)C)c1. The van der Waals surface area contributed by atoms with Crippen LogP contribution in [-0.4, -0.2) is 35.9 Å². The second kappa shape index (κ2) is 14.1. The second-order valence-corrected chi connectivity index (χ2v) is 11.3. The number of hydrogen-bond donors (Lipinski definition) is 1. The van der Waals surface area contributed by atoms with Crippen molar-refractivity contribution in [3.05, 3.63) is 99.5 Å². The highest BCUT2D eigenvalue weighted by Gasteiger charge is 2.31. The molecule has 0 aliphatic carbocycles. The first-order valence-electron chi connectivity index (χ1n) is 13.2. The van der Waals surface area contributed by atoms with Gasteiger partial charge in [0.1, 0.15) is 11.8 Å². The summed E-state index contributed by atoms with van der Waals surface area (Å²) >= 11 is 3.58. The lowest BCUT2D eigenvalue weighted by molar-refractivity contribution is -0.142. The van der Waals surface area contributed by atoms with Gasteiger partial charge in [-0.15, -0.1) is 0 Å². The summed E-state index contributed by atoms with van der Waals surface area (Å²) in [7, 11) is 0. The Bertz CT molecular complexity index is 1210. The molecule has 1 unspecified atom stereocenters. The monoisotopic (exact) mass is 578 g/mol. The van der Waals surface area contributed by atoms with Gasteiger partial charge in [-0.05, 0) is 63.5 Å². The molecule has 0 fully saturated rings. The predicted molar refractivity (Wildman–Crippen MR) is 157 cm³/mol. The summed E-state index contributed by atoms with van der Waals surface area (Å²) in [6.07, 6.45) is 0.412. The first-order valence-corrected chi connectivity index (χ1v) is 14.0. The smallest absolute Gasteiger partial charge is 0.261 e. The Kier molecular flexibility index (Phi) is 11.0. The first kappa shape index (κ1) is 29.4. The number of carbonyl (C=O) groups is 2. The minimum absolute atomic E-state index is 0.161. The summed E-state index contributed by atoms with van der Waals surface area (Å²) in [6, 6.07) is 23.1. The summed E-state index contributed by atoms with van der Waals surface area (Å²) in [4.78, 5) is 29.0. The average Bonchev–Trinajstić information content (AvgIpc) is 2.89. The summed E-state index contributed by atoms with van der Waals surface area (Å²) < 4.78 is 6.79. The van der Waals surface area contributed by atoms with Crippen LogP contribution in [0.15, 0.2) is 77.3 Å². The molecular weight excluding hydrogens is 540 g/mol. The summed E-state index contributed by atoms with van der Waals surface area (Å²) in [5.74, 6) is 0.877. The Morgan fingerprint density at radius 3 is 2.26 bits per heavy atom. The predicted octanol–water partition coefficient (Wildman–Crippen LogP) is 6.67. The molecule has 38 heavy (non-hydrogen) atoms. The van der Waals surface area contributed by atoms with Gasteiger partial charge in [0.15, 0.2) is 6.61 Å². The zero-order valence-corrected chi connectivity index (χ0v) is 24.6. The quantitative estimate of drug-likeness (QED) is 0.261. The van der Waals surface area contributed by atoms with Crippen LogP contribution in [0.25, 0.3) is 0 Å². The maximum absolute atomic E-state index is 13.8. The number of nitrogens with zero attached hydrogens (tertiary/aromatic N) is 1. The Hall–Kier alpha value is -3.12. The second-order valence-electron chi connectivity index (χ2n) is 10.5. The molecule has 0 saturated heterocycles. The Morgan fingerprint density at radius 2 is 1.63 bits per heavy atom. The number of benzene rings is 3. The third kappa shape index (κ3) is 8.73. The largest absolute Gasteiger partial charge is 0.483 e. The maximum Gasteiger partial charge on any atom is 0.261 e. The van der Waals surface area contributed by atoms with Gasteiger partial charge in [0.25, 0.3) is 5.91 Å². The van der Waals surface area contributed by atoms with E-state index < -0.39 is 6.04 Å². The van der Waals surface area contributed by atoms with E-state index in [2.05, 4.69) is 48.9 Å². The Labute approximate surface area is 235 Å². The van der Waals surface area contributed by atoms with Crippen molar-refractivity contribution in [2.45, 2.75) is 59.5 Å². The normalized spacial score (nSPS) is 11.9. The van der Waals surface area contributed by atoms with Gasteiger partial charge in [0.05, 0.1) is 4.47 Å². The topological polar surface area (TPSA) is 58.6 Å². The van der Waals surface area contributed by atoms with E-state index in [1.165, 1.54) is 5.56 Å². The molecule has 0 heterocycles. The van der Waals surface area contributed by atoms with Gasteiger partial charge < -0.3 is 15.0 Å². The molecular formula is C32H39BrN2O3. The zero-order valence-electron chi connectivity index (χ0n) is 23.0. The van der Waals surface area contributed by atoms with Crippen molar-refractivity contribution >= 4 is 27.7 Å². The van der Waals surface area contributed by atoms with Gasteiger partial charge in [-0.1, -0.05) is 93.9 Å². The molecule has 0 saturated carbocycles. The number of hydrogen-bond acceptors (Lipinski definition) is 3. The van der Waals surface area contributed by atoms with Crippen molar-refractivity contribution in [3.63, 3.8) is 0 Å². The highest BCUT2D eigenvalue weighted by Crippen LogP contribution is 2.29. The minimum atomic E-state index is -0.681. The van der Waals surface area contributed by atoms with Crippen molar-refractivity contribution in [2.75, 3.05) is 13.2 Å². The number of halogens is 1. The van der Waals surface area contributed by atoms with Gasteiger partial charge in [-0.25, -0.2) is 0 Å². The van der Waals surface area contributed by atoms with Crippen molar-refractivity contribution in [3.8, 4) is 5.75 Å². The van der Waals surface area contributed by atoms with Gasteiger partial charge in [0, 0.05) is 19.5 Å². The van der Waals surface area contributed by atoms with Crippen LogP contribution in [0, 0.1) is 12.8 Å². The molecule has 0 bridgehead atoms. The molecule has 1 N–H and O–H groups in total. The molecule has 6 heteroatoms. The molecule has 0 aliphatic heterocycles. The van der Waals surface area contributed by atoms with E-state index in [0.29, 0.717) is 37.1 Å². The van der Waals surface area contributed by atoms with E-state index >= 15 is 0 Å². The standard InChI is InChI=1S/C32H39BrN2O3/c1-22(2)19-34-32(37)29(17-25-11-7-6-8-12-25)35(20-26-13-9-10-24(5)16-26)31(36)21-38-30-15-14-27(23(3)4)18-28(30)33/h6-16,18,22-23,29H,17,19-21H2,1-5H3,(H,34,37). The van der Waals surface area contributed by atoms with E-state index in [-0.39, 0.29) is 18.4 Å². The van der Waals surface area contributed by atoms with Crippen molar-refractivity contribution in [1.29, 1.82) is 0 Å². The molecule has 1 atom stereocenters. The summed E-state index contributed by atoms with van der Waals surface area (Å²) in [5, 5.41) is 3.05. The number of rotatable bonds is 12. The number of amides is 2. The Morgan fingerprint density at radius 1 is 0.921 bits per heavy atom. The molecule has 0 radical (unpaired) electrons. The lowest BCUT2D eigenvalue weighted by Crippen LogP contribution is -2.52. The van der Waals surface area contributed by atoms with Gasteiger partial charge >= 0.3 is 0 Å². The van der Waals surface area contributed by atoms with E-state index in [4.69, 9.17) is 4.74 Å². The molecule has 202 valence electrons. The van der Waals surface area contributed by atoms with Crippen LogP contribution in [0.2, 0.25) is 0 Å². The molecule has 3 aromatic rings. The minimum Gasteiger partial charge on any atom is -0.483 e. The average molecular weight is 580 g/mol. The molecule has 0 aromatic heterocycles. The number of carbonyl (C=O) groups excluding carboxylic acids is 2. The fourth-order valence-electron chi connectivity index (χ4n) is 4.20. The Balaban J connectivity index is 1.90. The fourth-order valence-corrected chi connectivity index (χ4v) is 4.71. The van der Waals surface area contributed by atoms with E-state index in [0.717, 1.165) is 21.2 Å². The van der Waals surface area contributed by atoms with Crippen LogP contribution in [0.4, 0.5) is 0 Å². The molecule has 0 spiro atoms. The van der Waals surface area contributed by atoms with Crippen LogP contribution in [0.3, 0.4) is 0 Å². The lowest BCUT2D eigenvalue weighted by Gasteiger charge is -2.32. The molecule has 2 amide bonds. The number of nitrogens with one attached hydrogen (secondary N) is 1. The summed E-state index contributed by atoms with van der Waals surface area (Å²) in [5.41, 5.74) is 4.24. The van der Waals surface area contributed by atoms with Crippen LogP contribution >= 0.6 is 15.9 Å². The van der Waals surface area contributed by atoms with Crippen LogP contribution in [-0.2, 0) is 22.6 Å². The molecule has 5 nitrogen and oxygen atoms in total. The molecule has 0 aliphatic rings. The third-order valence-corrected chi connectivity index (χ3v) is 6.98. The van der Waals surface area contributed by atoms with Crippen LogP contribution < -0.4 is 10.1 Å². The fraction of sp³-hybridized carbons (Fsp3) is 0.375. The van der Waals surface area contributed by atoms with E-state index in [1.807, 2.05) is 79.7 Å². The third-order valence-electron chi connectivity index (χ3n) is 6.36. The number of ether oxygens (including phenoxy) is 1. The van der Waals surface area contributed by atoms with Gasteiger partial charge in [-0.2, -0.15) is 0 Å². The van der Waals surface area contributed by atoms with Crippen molar-refractivity contribution in [2.24, 2.45) is 5.92 Å². The van der Waals surface area contributed by atoms with Crippen LogP contribution in [0.1, 0.15) is 55.9 Å². The molecule has 3 rings (SSSR count). The van der Waals surface area contributed by atoms with Crippen molar-refractivity contribution in [1.82, 2.24) is 10.2 Å². The summed E-state index contributed by atoms with van der Waals surface area (Å²) in [6.45, 7) is 11.1. The van der Waals surface area contributed by atoms with Gasteiger partial charge in [-0.3, -0.25) is 9.59 Å². The van der Waals surface area contributed by atoms with Crippen molar-refractivity contribution < 1.29 is 14.3 Å². The van der Waals surface area contributed by atoms with E-state index in [9.17, 15) is 9.59 Å². The van der Waals surface area contributed by atoms with E-state index in [1.54, 1.807) is 4.90 Å². The number of aryl methyl sites for hydroxylation is 1. The lowest BCUT2D eigenvalue weighted by atomic mass is 10.0. The zero-order chi connectivity index (χ0) is 27.7. The highest BCUT2D eigenvalue weighted by atomic mass is 79.9. The highest BCUT2D eigenvalue weighted by molar-refractivity contribution is 9.10. The first-order chi connectivity index (χ1) is 18.1. The maximum atomic E-state index is 13.8. The van der Waals surface area contributed by atoms with Crippen LogP contribution in [0.5, 0.6) is 5.75 Å². The van der Waals surface area contributed by atoms with Gasteiger partial charge in [0.2, 0.25) is 5.91 Å². The molecule has 3 aromatic carbocycles.